The molecular formula is C2H9NO4S. The van der Waals surface area contributed by atoms with Gasteiger partial charge in [0.2, 0.25) is 0 Å². The Morgan fingerprint density at radius 2 is 1.00 bits per heavy atom. The smallest absolute Gasteiger partial charge is 0.290 e. The molecule has 0 aliphatic rings. The van der Waals surface area contributed by atoms with E-state index in [1.54, 1.807) is 0 Å². The number of carboxylic acid groups (broad SMARTS) is 2. The van der Waals surface area contributed by atoms with E-state index in [4.69, 9.17) is 19.8 Å². The van der Waals surface area contributed by atoms with Gasteiger partial charge in [-0.1, -0.05) is 0 Å². The van der Waals surface area contributed by atoms with Crippen molar-refractivity contribution in [3.63, 3.8) is 0 Å². The third-order valence-electron chi connectivity index (χ3n) is 0. The Morgan fingerprint density at radius 3 is 1.00 bits per heavy atom. The molecule has 0 aromatic carbocycles. The summed E-state index contributed by atoms with van der Waals surface area (Å²) in [5, 5.41) is 13.8. The fourth-order valence-electron chi connectivity index (χ4n) is 0. The van der Waals surface area contributed by atoms with Gasteiger partial charge in [0.1, 0.15) is 0 Å². The Bertz CT molecular complexity index is 35.0. The zero-order chi connectivity index (χ0) is 5.41. The van der Waals surface area contributed by atoms with Crippen molar-refractivity contribution in [1.29, 1.82) is 0 Å². The van der Waals surface area contributed by atoms with E-state index >= 15 is 0 Å². The minimum Gasteiger partial charge on any atom is -0.483 e. The first-order valence-corrected chi connectivity index (χ1v) is 0.988. The van der Waals surface area contributed by atoms with Gasteiger partial charge in [-0.25, -0.2) is 0 Å². The van der Waals surface area contributed by atoms with Crippen molar-refractivity contribution >= 4 is 26.4 Å². The van der Waals surface area contributed by atoms with Crippen LogP contribution in [0, 0.1) is 0 Å². The monoisotopic (exact) mass is 143 g/mol. The van der Waals surface area contributed by atoms with Crippen LogP contribution >= 0.6 is 13.5 Å². The molecule has 52 valence electrons. The Kier molecular flexibility index (Phi) is 370. The molecule has 0 heterocycles. The van der Waals surface area contributed by atoms with E-state index in [1.807, 2.05) is 0 Å². The highest BCUT2D eigenvalue weighted by Gasteiger charge is 1.22. The highest BCUT2D eigenvalue weighted by molar-refractivity contribution is 7.59. The van der Waals surface area contributed by atoms with Gasteiger partial charge in [-0.2, -0.15) is 13.5 Å². The normalized spacial score (nSPS) is 3.00. The molecule has 0 spiro atoms. The van der Waals surface area contributed by atoms with Crippen LogP contribution in [0.1, 0.15) is 0 Å². The van der Waals surface area contributed by atoms with Gasteiger partial charge >= 0.3 is 0 Å². The van der Waals surface area contributed by atoms with Crippen LogP contribution in [0.4, 0.5) is 0 Å². The Morgan fingerprint density at radius 1 is 1.00 bits per heavy atom. The average molecular weight is 143 g/mol. The first kappa shape index (κ1) is 26.8. The largest absolute Gasteiger partial charge is 0.483 e. The second kappa shape index (κ2) is 110. The Labute approximate surface area is 53.4 Å². The average Bonchev–Trinajstić information content (AvgIpc) is 1.39. The van der Waals surface area contributed by atoms with Crippen molar-refractivity contribution in [2.24, 2.45) is 0 Å². The van der Waals surface area contributed by atoms with E-state index in [0.29, 0.717) is 0 Å². The summed E-state index contributed by atoms with van der Waals surface area (Å²) in [6.45, 7) is -0.500. The maximum absolute atomic E-state index is 8.36. The van der Waals surface area contributed by atoms with Crippen molar-refractivity contribution in [3.05, 3.63) is 0 Å². The third kappa shape index (κ3) is 169. The summed E-state index contributed by atoms with van der Waals surface area (Å²) in [5.74, 6) is 0. The summed E-state index contributed by atoms with van der Waals surface area (Å²) >= 11 is 0. The fourth-order valence-corrected chi connectivity index (χ4v) is 0. The molecule has 0 radical (unpaired) electrons. The van der Waals surface area contributed by atoms with Gasteiger partial charge in [-0.3, -0.25) is 9.59 Å². The maximum atomic E-state index is 8.36. The molecule has 0 saturated carbocycles. The molecule has 0 bridgehead atoms. The number of carbonyl (C=O) groups is 2. The molecule has 0 aromatic rings. The van der Waals surface area contributed by atoms with Crippen LogP contribution in [-0.2, 0) is 9.59 Å². The first-order chi connectivity index (χ1) is 2.83. The van der Waals surface area contributed by atoms with E-state index in [2.05, 4.69) is 0 Å². The number of hydrogen-bond donors (Lipinski definition) is 3. The molecular weight excluding hydrogens is 134 g/mol. The van der Waals surface area contributed by atoms with E-state index in [0.717, 1.165) is 0 Å². The van der Waals surface area contributed by atoms with Crippen LogP contribution in [0.15, 0.2) is 0 Å². The molecule has 0 atom stereocenters. The molecule has 0 rings (SSSR count). The van der Waals surface area contributed by atoms with Gasteiger partial charge in [0.05, 0.1) is 0 Å². The summed E-state index contributed by atoms with van der Waals surface area (Å²) in [6, 6.07) is 0. The lowest BCUT2D eigenvalue weighted by Crippen LogP contribution is -1.49. The van der Waals surface area contributed by atoms with Gasteiger partial charge in [0.25, 0.3) is 12.9 Å². The van der Waals surface area contributed by atoms with Gasteiger partial charge in [-0.15, -0.1) is 0 Å². The molecule has 5 nitrogen and oxygen atoms in total. The summed E-state index contributed by atoms with van der Waals surface area (Å²) in [5.41, 5.74) is 0. The van der Waals surface area contributed by atoms with Crippen LogP contribution < -0.4 is 6.15 Å². The highest BCUT2D eigenvalue weighted by Crippen LogP contribution is 0.969. The van der Waals surface area contributed by atoms with Crippen molar-refractivity contribution < 1.29 is 19.8 Å². The molecule has 5 N–H and O–H groups in total. The van der Waals surface area contributed by atoms with Crippen LogP contribution in [0.5, 0.6) is 0 Å². The standard InChI is InChI=1S/2CH2O2.H3N.H2S/c2*2-1-3;;/h2*1H,(H,2,3);1H3;1H2. The van der Waals surface area contributed by atoms with Crippen LogP contribution in [0.25, 0.3) is 0 Å². The minimum absolute atomic E-state index is 0. The molecule has 0 unspecified atom stereocenters. The van der Waals surface area contributed by atoms with Gasteiger partial charge in [0.15, 0.2) is 0 Å². The predicted octanol–water partition coefficient (Wildman–Crippen LogP) is -0.324. The molecule has 0 amide bonds. The van der Waals surface area contributed by atoms with Gasteiger partial charge in [0, 0.05) is 0 Å². The molecule has 0 aliphatic heterocycles. The van der Waals surface area contributed by atoms with Crippen molar-refractivity contribution in [2.75, 3.05) is 0 Å². The van der Waals surface area contributed by atoms with Crippen molar-refractivity contribution in [2.45, 2.75) is 0 Å². The second-order valence-electron chi connectivity index (χ2n) is 0.211. The van der Waals surface area contributed by atoms with Crippen LogP contribution in [0.2, 0.25) is 0 Å². The lowest BCUT2D eigenvalue weighted by Gasteiger charge is -1.34. The van der Waals surface area contributed by atoms with Crippen molar-refractivity contribution in [1.82, 2.24) is 6.15 Å². The quantitative estimate of drug-likeness (QED) is 0.402. The van der Waals surface area contributed by atoms with E-state index in [1.165, 1.54) is 0 Å². The second-order valence-corrected chi connectivity index (χ2v) is 0.211. The van der Waals surface area contributed by atoms with E-state index < -0.39 is 0 Å². The topological polar surface area (TPSA) is 110 Å². The molecule has 0 aliphatic carbocycles. The summed E-state index contributed by atoms with van der Waals surface area (Å²) in [4.78, 5) is 16.7. The lowest BCUT2D eigenvalue weighted by atomic mass is 11.7. The zero-order valence-corrected chi connectivity index (χ0v) is 5.07. The minimum atomic E-state index is -0.250. The lowest BCUT2D eigenvalue weighted by molar-refractivity contribution is -0.123. The van der Waals surface area contributed by atoms with Crippen molar-refractivity contribution in [3.8, 4) is 0 Å². The van der Waals surface area contributed by atoms with Crippen LogP contribution in [-0.4, -0.2) is 23.2 Å². The molecule has 0 aromatic heterocycles. The molecule has 8 heavy (non-hydrogen) atoms. The van der Waals surface area contributed by atoms with Gasteiger partial charge in [-0.05, 0) is 0 Å². The van der Waals surface area contributed by atoms with E-state index in [-0.39, 0.29) is 32.6 Å². The van der Waals surface area contributed by atoms with E-state index in [9.17, 15) is 0 Å². The Balaban J connectivity index is -0.0000000160. The van der Waals surface area contributed by atoms with Gasteiger partial charge < -0.3 is 16.4 Å². The Hall–Kier alpha value is -0.750. The third-order valence-corrected chi connectivity index (χ3v) is 0. The number of rotatable bonds is 0. The fraction of sp³-hybridized carbons (Fsp3) is 0. The molecule has 0 fully saturated rings. The summed E-state index contributed by atoms with van der Waals surface area (Å²) in [7, 11) is 0. The first-order valence-electron chi connectivity index (χ1n) is 0.988. The molecule has 0 saturated heterocycles. The molecule has 6 heteroatoms. The summed E-state index contributed by atoms with van der Waals surface area (Å²) < 4.78 is 0. The summed E-state index contributed by atoms with van der Waals surface area (Å²) in [6.07, 6.45) is 0. The predicted molar refractivity (Wildman–Crippen MR) is 32.8 cm³/mol. The number of hydrogen-bond acceptors (Lipinski definition) is 3. The van der Waals surface area contributed by atoms with Crippen LogP contribution in [0.3, 0.4) is 0 Å². The highest BCUT2D eigenvalue weighted by atomic mass is 32.1. The zero-order valence-electron chi connectivity index (χ0n) is 4.07. The maximum Gasteiger partial charge on any atom is 0.290 e. The SMILES string of the molecule is N.O=CO.O=CO.S.